The molecule has 0 bridgehead atoms. The molecule has 18 heavy (non-hydrogen) atoms. The van der Waals surface area contributed by atoms with Crippen molar-refractivity contribution in [2.24, 2.45) is 0 Å². The maximum absolute atomic E-state index is 12.0. The van der Waals surface area contributed by atoms with E-state index in [1.165, 1.54) is 0 Å². The average molecular weight is 242 g/mol. The lowest BCUT2D eigenvalue weighted by atomic mass is 9.84. The monoisotopic (exact) mass is 242 g/mol. The Morgan fingerprint density at radius 1 is 1.06 bits per heavy atom. The van der Waals surface area contributed by atoms with Crippen LogP contribution in [0.25, 0.3) is 0 Å². The molecule has 0 aromatic heterocycles. The Morgan fingerprint density at radius 3 is 2.72 bits per heavy atom. The number of esters is 1. The van der Waals surface area contributed by atoms with Gasteiger partial charge >= 0.3 is 5.97 Å². The molecular formula is C14H10O4. The van der Waals surface area contributed by atoms with Gasteiger partial charge in [-0.15, -0.1) is 0 Å². The fourth-order valence-electron chi connectivity index (χ4n) is 2.58. The lowest BCUT2D eigenvalue weighted by Crippen LogP contribution is -2.30. The smallest absolute Gasteiger partial charge is 0.339 e. The SMILES string of the molecule is O=C1O[C@@H]2C=CC=C[C@@H]2c2cc3c(cc21)OCO3. The van der Waals surface area contributed by atoms with E-state index in [9.17, 15) is 4.79 Å². The van der Waals surface area contributed by atoms with Crippen LogP contribution in [0.4, 0.5) is 0 Å². The van der Waals surface area contributed by atoms with E-state index in [4.69, 9.17) is 14.2 Å². The Morgan fingerprint density at radius 2 is 1.83 bits per heavy atom. The molecule has 0 amide bonds. The van der Waals surface area contributed by atoms with Gasteiger partial charge in [0.05, 0.1) is 5.56 Å². The first-order valence-electron chi connectivity index (χ1n) is 5.82. The molecule has 0 radical (unpaired) electrons. The number of fused-ring (bicyclic) bond motifs is 4. The zero-order valence-electron chi connectivity index (χ0n) is 9.46. The summed E-state index contributed by atoms with van der Waals surface area (Å²) in [5.41, 5.74) is 1.52. The summed E-state index contributed by atoms with van der Waals surface area (Å²) in [7, 11) is 0. The number of benzene rings is 1. The molecule has 2 atom stereocenters. The van der Waals surface area contributed by atoms with E-state index >= 15 is 0 Å². The summed E-state index contributed by atoms with van der Waals surface area (Å²) < 4.78 is 16.1. The summed E-state index contributed by atoms with van der Waals surface area (Å²) in [6.45, 7) is 0.205. The summed E-state index contributed by atoms with van der Waals surface area (Å²) >= 11 is 0. The Balaban J connectivity index is 1.91. The number of hydrogen-bond acceptors (Lipinski definition) is 4. The highest BCUT2D eigenvalue weighted by atomic mass is 16.7. The van der Waals surface area contributed by atoms with Crippen molar-refractivity contribution in [2.45, 2.75) is 12.0 Å². The topological polar surface area (TPSA) is 44.8 Å². The molecule has 0 unspecified atom stereocenters. The highest BCUT2D eigenvalue weighted by molar-refractivity contribution is 5.94. The number of allylic oxidation sites excluding steroid dienone is 2. The molecular weight excluding hydrogens is 232 g/mol. The molecule has 3 aliphatic rings. The molecule has 90 valence electrons. The molecule has 2 heterocycles. The van der Waals surface area contributed by atoms with Crippen molar-refractivity contribution in [3.63, 3.8) is 0 Å². The maximum Gasteiger partial charge on any atom is 0.339 e. The van der Waals surface area contributed by atoms with Crippen LogP contribution in [-0.2, 0) is 4.74 Å². The van der Waals surface area contributed by atoms with Gasteiger partial charge in [-0.2, -0.15) is 0 Å². The molecule has 0 saturated carbocycles. The second kappa shape index (κ2) is 3.38. The van der Waals surface area contributed by atoms with E-state index in [1.54, 1.807) is 6.07 Å². The first-order valence-corrected chi connectivity index (χ1v) is 5.82. The molecule has 4 heteroatoms. The second-order valence-electron chi connectivity index (χ2n) is 4.46. The van der Waals surface area contributed by atoms with Crippen LogP contribution in [0.3, 0.4) is 0 Å². The van der Waals surface area contributed by atoms with Gasteiger partial charge in [-0.3, -0.25) is 0 Å². The molecule has 0 saturated heterocycles. The van der Waals surface area contributed by atoms with E-state index in [1.807, 2.05) is 30.4 Å². The number of rotatable bonds is 0. The number of ether oxygens (including phenoxy) is 3. The molecule has 2 aliphatic heterocycles. The van der Waals surface area contributed by atoms with Gasteiger partial charge < -0.3 is 14.2 Å². The summed E-state index contributed by atoms with van der Waals surface area (Å²) in [6.07, 6.45) is 7.59. The predicted octanol–water partition coefficient (Wildman–Crippen LogP) is 2.16. The van der Waals surface area contributed by atoms with Crippen molar-refractivity contribution in [3.8, 4) is 11.5 Å². The van der Waals surface area contributed by atoms with E-state index in [-0.39, 0.29) is 24.8 Å². The van der Waals surface area contributed by atoms with Crippen LogP contribution in [0.5, 0.6) is 11.5 Å². The van der Waals surface area contributed by atoms with Crippen molar-refractivity contribution in [1.82, 2.24) is 0 Å². The first kappa shape index (κ1) is 9.76. The third-order valence-corrected chi connectivity index (χ3v) is 3.45. The van der Waals surface area contributed by atoms with Crippen molar-refractivity contribution < 1.29 is 19.0 Å². The minimum Gasteiger partial charge on any atom is -0.454 e. The van der Waals surface area contributed by atoms with E-state index < -0.39 is 0 Å². The first-order chi connectivity index (χ1) is 8.83. The summed E-state index contributed by atoms with van der Waals surface area (Å²) in [5, 5.41) is 0. The Kier molecular flexibility index (Phi) is 1.84. The molecule has 1 aliphatic carbocycles. The van der Waals surface area contributed by atoms with Crippen LogP contribution in [0.2, 0.25) is 0 Å². The zero-order chi connectivity index (χ0) is 12.1. The van der Waals surface area contributed by atoms with E-state index in [0.29, 0.717) is 17.1 Å². The van der Waals surface area contributed by atoms with Gasteiger partial charge in [0.15, 0.2) is 11.5 Å². The Hall–Kier alpha value is -2.23. The quantitative estimate of drug-likeness (QED) is 0.654. The largest absolute Gasteiger partial charge is 0.454 e. The molecule has 1 aromatic carbocycles. The van der Waals surface area contributed by atoms with Crippen LogP contribution >= 0.6 is 0 Å². The molecule has 4 nitrogen and oxygen atoms in total. The van der Waals surface area contributed by atoms with Gasteiger partial charge in [0, 0.05) is 5.92 Å². The Labute approximate surface area is 103 Å². The summed E-state index contributed by atoms with van der Waals surface area (Å²) in [5.74, 6) is 1.08. The molecule has 4 rings (SSSR count). The lowest BCUT2D eigenvalue weighted by molar-refractivity contribution is 0.0323. The maximum atomic E-state index is 12.0. The van der Waals surface area contributed by atoms with Gasteiger partial charge in [-0.05, 0) is 23.8 Å². The minimum atomic E-state index is -0.301. The van der Waals surface area contributed by atoms with Gasteiger partial charge in [0.25, 0.3) is 0 Å². The van der Waals surface area contributed by atoms with Crippen molar-refractivity contribution in [2.75, 3.05) is 6.79 Å². The van der Waals surface area contributed by atoms with Crippen LogP contribution < -0.4 is 9.47 Å². The molecule has 0 fully saturated rings. The van der Waals surface area contributed by atoms with Crippen LogP contribution in [0.15, 0.2) is 36.4 Å². The average Bonchev–Trinajstić information content (AvgIpc) is 2.84. The van der Waals surface area contributed by atoms with Crippen molar-refractivity contribution >= 4 is 5.97 Å². The third kappa shape index (κ3) is 1.23. The third-order valence-electron chi connectivity index (χ3n) is 3.45. The van der Waals surface area contributed by atoms with Crippen LogP contribution in [0, 0.1) is 0 Å². The van der Waals surface area contributed by atoms with Crippen LogP contribution in [0.1, 0.15) is 21.8 Å². The lowest BCUT2D eigenvalue weighted by Gasteiger charge is -2.30. The highest BCUT2D eigenvalue weighted by Crippen LogP contribution is 2.42. The van der Waals surface area contributed by atoms with Gasteiger partial charge in [-0.1, -0.05) is 18.2 Å². The summed E-state index contributed by atoms with van der Waals surface area (Å²) in [6, 6.07) is 3.60. The second-order valence-corrected chi connectivity index (χ2v) is 4.46. The zero-order valence-corrected chi connectivity index (χ0v) is 9.46. The minimum absolute atomic E-state index is 0.0669. The standard InChI is InChI=1S/C14H10O4/c15-14-10-6-13-12(16-7-17-13)5-9(10)8-3-1-2-4-11(8)18-14/h1-6,8,11H,7H2/t8-,11-/m1/s1. The number of hydrogen-bond donors (Lipinski definition) is 0. The fourth-order valence-corrected chi connectivity index (χ4v) is 2.58. The summed E-state index contributed by atoms with van der Waals surface area (Å²) in [4.78, 5) is 12.0. The normalized spacial score (nSPS) is 26.6. The molecule has 1 aromatic rings. The van der Waals surface area contributed by atoms with E-state index in [0.717, 1.165) is 5.56 Å². The fraction of sp³-hybridized carbons (Fsp3) is 0.214. The van der Waals surface area contributed by atoms with E-state index in [2.05, 4.69) is 0 Å². The predicted molar refractivity (Wildman–Crippen MR) is 62.8 cm³/mol. The van der Waals surface area contributed by atoms with Crippen molar-refractivity contribution in [1.29, 1.82) is 0 Å². The highest BCUT2D eigenvalue weighted by Gasteiger charge is 2.35. The number of carbonyl (C=O) groups excluding carboxylic acids is 1. The van der Waals surface area contributed by atoms with Crippen LogP contribution in [-0.4, -0.2) is 18.9 Å². The molecule has 0 spiro atoms. The Bertz CT molecular complexity index is 600. The molecule has 0 N–H and O–H groups in total. The van der Waals surface area contributed by atoms with Gasteiger partial charge in [0.2, 0.25) is 6.79 Å². The van der Waals surface area contributed by atoms with Gasteiger partial charge in [-0.25, -0.2) is 4.79 Å². The number of carbonyl (C=O) groups is 1. The van der Waals surface area contributed by atoms with Crippen molar-refractivity contribution in [3.05, 3.63) is 47.6 Å². The van der Waals surface area contributed by atoms with Gasteiger partial charge in [0.1, 0.15) is 6.10 Å².